The van der Waals surface area contributed by atoms with Crippen LogP contribution in [0.5, 0.6) is 5.75 Å². The maximum absolute atomic E-state index is 11.6. The van der Waals surface area contributed by atoms with Crippen molar-refractivity contribution in [2.75, 3.05) is 7.11 Å². The molecule has 0 bridgehead atoms. The van der Waals surface area contributed by atoms with Gasteiger partial charge in [-0.05, 0) is 31.2 Å². The highest BCUT2D eigenvalue weighted by Crippen LogP contribution is 2.10. The van der Waals surface area contributed by atoms with Crippen molar-refractivity contribution in [2.24, 2.45) is 5.16 Å². The molecule has 1 aromatic rings. The normalized spacial score (nSPS) is 10.1. The molecule has 88 valence electrons. The lowest BCUT2D eigenvalue weighted by Crippen LogP contribution is -2.10. The van der Waals surface area contributed by atoms with Gasteiger partial charge in [-0.15, -0.1) is 0 Å². The van der Waals surface area contributed by atoms with Gasteiger partial charge in [-0.2, -0.15) is 0 Å². The monoisotopic (exact) mass is 223 g/mol. The van der Waals surface area contributed by atoms with Crippen molar-refractivity contribution in [3.8, 4) is 5.75 Å². The fourth-order valence-corrected chi connectivity index (χ4v) is 1.00. The van der Waals surface area contributed by atoms with Crippen LogP contribution >= 0.6 is 0 Å². The third-order valence-electron chi connectivity index (χ3n) is 1.69. The summed E-state index contributed by atoms with van der Waals surface area (Å²) in [6.45, 7) is 5.57. The molecule has 0 saturated carbocycles. The zero-order valence-corrected chi connectivity index (χ0v) is 10.0. The summed E-state index contributed by atoms with van der Waals surface area (Å²) in [7, 11) is 1.38. The molecule has 0 aliphatic heterocycles. The molecule has 0 unspecified atom stereocenters. The van der Waals surface area contributed by atoms with Gasteiger partial charge in [0.25, 0.3) is 0 Å². The molecular formula is C12H17NO3. The SMILES string of the molecule is CC.CO/N=C(\C)C(=O)c1ccc(O)cc1. The van der Waals surface area contributed by atoms with E-state index in [0.29, 0.717) is 5.56 Å². The quantitative estimate of drug-likeness (QED) is 0.487. The van der Waals surface area contributed by atoms with E-state index in [0.717, 1.165) is 0 Å². The molecule has 4 nitrogen and oxygen atoms in total. The third kappa shape index (κ3) is 4.13. The first kappa shape index (κ1) is 14.2. The van der Waals surface area contributed by atoms with Crippen molar-refractivity contribution in [2.45, 2.75) is 20.8 Å². The first-order valence-electron chi connectivity index (χ1n) is 5.06. The first-order chi connectivity index (χ1) is 7.65. The van der Waals surface area contributed by atoms with Crippen LogP contribution in [0.15, 0.2) is 29.4 Å². The minimum Gasteiger partial charge on any atom is -0.508 e. The van der Waals surface area contributed by atoms with E-state index in [-0.39, 0.29) is 17.2 Å². The highest BCUT2D eigenvalue weighted by Gasteiger charge is 2.09. The van der Waals surface area contributed by atoms with Gasteiger partial charge in [-0.25, -0.2) is 0 Å². The molecule has 1 N–H and O–H groups in total. The number of aromatic hydroxyl groups is 1. The molecular weight excluding hydrogens is 206 g/mol. The smallest absolute Gasteiger partial charge is 0.210 e. The van der Waals surface area contributed by atoms with Gasteiger partial charge in [0, 0.05) is 5.56 Å². The van der Waals surface area contributed by atoms with Crippen LogP contribution in [0.1, 0.15) is 31.1 Å². The summed E-state index contributed by atoms with van der Waals surface area (Å²) >= 11 is 0. The number of carbonyl (C=O) groups excluding carboxylic acids is 1. The number of phenolic OH excluding ortho intramolecular Hbond substituents is 1. The van der Waals surface area contributed by atoms with E-state index in [4.69, 9.17) is 5.11 Å². The van der Waals surface area contributed by atoms with Crippen LogP contribution in [-0.4, -0.2) is 23.7 Å². The number of hydrogen-bond donors (Lipinski definition) is 1. The zero-order chi connectivity index (χ0) is 12.6. The fourth-order valence-electron chi connectivity index (χ4n) is 1.00. The van der Waals surface area contributed by atoms with Crippen LogP contribution < -0.4 is 0 Å². The lowest BCUT2D eigenvalue weighted by atomic mass is 10.1. The second-order valence-electron chi connectivity index (χ2n) is 2.74. The van der Waals surface area contributed by atoms with Gasteiger partial charge in [0.2, 0.25) is 5.78 Å². The predicted octanol–water partition coefficient (Wildman–Crippen LogP) is 2.62. The van der Waals surface area contributed by atoms with Crippen LogP contribution in [0.3, 0.4) is 0 Å². The minimum absolute atomic E-state index is 0.128. The number of Topliss-reactive ketones (excluding diaryl/α,β-unsaturated/α-hetero) is 1. The highest BCUT2D eigenvalue weighted by molar-refractivity contribution is 6.45. The summed E-state index contributed by atoms with van der Waals surface area (Å²) in [5.41, 5.74) is 0.749. The Bertz CT molecular complexity index is 355. The second kappa shape index (κ2) is 7.45. The molecule has 0 aliphatic rings. The average molecular weight is 223 g/mol. The van der Waals surface area contributed by atoms with E-state index in [2.05, 4.69) is 9.99 Å². The standard InChI is InChI=1S/C10H11NO3.C2H6/c1-7(11-14-2)10(13)8-3-5-9(12)6-4-8;1-2/h3-6,12H,1-2H3;1-2H3/b11-7+;. The minimum atomic E-state index is -0.216. The molecule has 0 radical (unpaired) electrons. The van der Waals surface area contributed by atoms with E-state index >= 15 is 0 Å². The molecule has 1 rings (SSSR count). The highest BCUT2D eigenvalue weighted by atomic mass is 16.6. The zero-order valence-electron chi connectivity index (χ0n) is 10.0. The Morgan fingerprint density at radius 1 is 1.25 bits per heavy atom. The summed E-state index contributed by atoms with van der Waals surface area (Å²) in [5.74, 6) is -0.0882. The molecule has 0 fully saturated rings. The summed E-state index contributed by atoms with van der Waals surface area (Å²) in [6.07, 6.45) is 0. The topological polar surface area (TPSA) is 58.9 Å². The second-order valence-corrected chi connectivity index (χ2v) is 2.74. The van der Waals surface area contributed by atoms with Crippen LogP contribution in [0.25, 0.3) is 0 Å². The van der Waals surface area contributed by atoms with Gasteiger partial charge in [0.15, 0.2) is 0 Å². The molecule has 0 aliphatic carbocycles. The van der Waals surface area contributed by atoms with Crippen molar-refractivity contribution in [1.29, 1.82) is 0 Å². The molecule has 1 aromatic carbocycles. The molecule has 0 heterocycles. The number of nitrogens with zero attached hydrogens (tertiary/aromatic N) is 1. The number of phenols is 1. The van der Waals surface area contributed by atoms with Crippen molar-refractivity contribution < 1.29 is 14.7 Å². The van der Waals surface area contributed by atoms with Crippen molar-refractivity contribution in [1.82, 2.24) is 0 Å². The Morgan fingerprint density at radius 2 is 1.75 bits per heavy atom. The third-order valence-corrected chi connectivity index (χ3v) is 1.69. The molecule has 0 atom stereocenters. The van der Waals surface area contributed by atoms with Crippen LogP contribution in [0, 0.1) is 0 Å². The Morgan fingerprint density at radius 3 is 2.19 bits per heavy atom. The Hall–Kier alpha value is -1.84. The molecule has 0 amide bonds. The summed E-state index contributed by atoms with van der Waals surface area (Å²) in [5, 5.41) is 12.5. The van der Waals surface area contributed by atoms with Crippen LogP contribution in [0.2, 0.25) is 0 Å². The Labute approximate surface area is 95.5 Å². The van der Waals surface area contributed by atoms with E-state index in [1.807, 2.05) is 13.8 Å². The fraction of sp³-hybridized carbons (Fsp3) is 0.333. The van der Waals surface area contributed by atoms with Gasteiger partial charge in [-0.3, -0.25) is 4.79 Å². The van der Waals surface area contributed by atoms with Crippen molar-refractivity contribution in [3.05, 3.63) is 29.8 Å². The number of ketones is 1. The Balaban J connectivity index is 0.00000106. The van der Waals surface area contributed by atoms with Crippen molar-refractivity contribution >= 4 is 11.5 Å². The first-order valence-corrected chi connectivity index (χ1v) is 5.06. The molecule has 4 heteroatoms. The van der Waals surface area contributed by atoms with Crippen LogP contribution in [-0.2, 0) is 4.84 Å². The largest absolute Gasteiger partial charge is 0.508 e. The van der Waals surface area contributed by atoms with E-state index in [9.17, 15) is 4.79 Å². The van der Waals surface area contributed by atoms with E-state index in [1.165, 1.54) is 31.4 Å². The predicted molar refractivity (Wildman–Crippen MR) is 63.9 cm³/mol. The number of benzene rings is 1. The molecule has 0 aromatic heterocycles. The van der Waals surface area contributed by atoms with Crippen molar-refractivity contribution in [3.63, 3.8) is 0 Å². The number of hydrogen-bond acceptors (Lipinski definition) is 4. The van der Waals surface area contributed by atoms with Gasteiger partial charge < -0.3 is 9.94 Å². The average Bonchev–Trinajstić information content (AvgIpc) is 2.32. The summed E-state index contributed by atoms with van der Waals surface area (Å²) in [4.78, 5) is 16.0. The lowest BCUT2D eigenvalue weighted by Gasteiger charge is -1.99. The lowest BCUT2D eigenvalue weighted by molar-refractivity contribution is 0.105. The number of rotatable bonds is 3. The van der Waals surface area contributed by atoms with E-state index < -0.39 is 0 Å². The molecule has 0 saturated heterocycles. The van der Waals surface area contributed by atoms with Gasteiger partial charge in [-0.1, -0.05) is 19.0 Å². The van der Waals surface area contributed by atoms with Gasteiger partial charge in [0.05, 0.1) is 0 Å². The number of oxime groups is 1. The van der Waals surface area contributed by atoms with Crippen LogP contribution in [0.4, 0.5) is 0 Å². The Kier molecular flexibility index (Phi) is 6.59. The number of carbonyl (C=O) groups is 1. The molecule has 0 spiro atoms. The van der Waals surface area contributed by atoms with E-state index in [1.54, 1.807) is 6.92 Å². The van der Waals surface area contributed by atoms with Gasteiger partial charge >= 0.3 is 0 Å². The summed E-state index contributed by atoms with van der Waals surface area (Å²) in [6, 6.07) is 5.97. The maximum atomic E-state index is 11.6. The maximum Gasteiger partial charge on any atom is 0.210 e. The summed E-state index contributed by atoms with van der Waals surface area (Å²) < 4.78 is 0. The van der Waals surface area contributed by atoms with Gasteiger partial charge in [0.1, 0.15) is 18.6 Å². The molecule has 16 heavy (non-hydrogen) atoms.